The summed E-state index contributed by atoms with van der Waals surface area (Å²) < 4.78 is 5.60. The van der Waals surface area contributed by atoms with Crippen molar-refractivity contribution in [3.8, 4) is 5.75 Å². The third kappa shape index (κ3) is 5.03. The molecule has 1 aliphatic heterocycles. The van der Waals surface area contributed by atoms with Crippen LogP contribution in [0.2, 0.25) is 5.02 Å². The zero-order valence-electron chi connectivity index (χ0n) is 15.8. The van der Waals surface area contributed by atoms with Gasteiger partial charge in [-0.2, -0.15) is 4.80 Å². The highest BCUT2D eigenvalue weighted by Crippen LogP contribution is 2.20. The molecular weight excluding hydrogens is 392 g/mol. The van der Waals surface area contributed by atoms with Gasteiger partial charge in [-0.3, -0.25) is 4.79 Å². The predicted molar refractivity (Wildman–Crippen MR) is 109 cm³/mol. The highest BCUT2D eigenvalue weighted by molar-refractivity contribution is 6.30. The second-order valence-electron chi connectivity index (χ2n) is 6.69. The smallest absolute Gasteiger partial charge is 0.246 e. The minimum Gasteiger partial charge on any atom is -0.485 e. The number of tetrazole rings is 1. The molecule has 0 bridgehead atoms. The zero-order chi connectivity index (χ0) is 20.1. The Morgan fingerprint density at radius 3 is 2.59 bits per heavy atom. The van der Waals surface area contributed by atoms with Gasteiger partial charge in [0.25, 0.3) is 0 Å². The minimum absolute atomic E-state index is 0.0244. The Balaban J connectivity index is 1.26. The predicted octanol–water partition coefficient (Wildman–Crippen LogP) is 2.25. The van der Waals surface area contributed by atoms with Gasteiger partial charge in [0, 0.05) is 36.9 Å². The maximum atomic E-state index is 12.6. The average molecular weight is 413 g/mol. The fraction of sp³-hybridized carbons (Fsp3) is 0.300. The molecule has 0 atom stereocenters. The largest absolute Gasteiger partial charge is 0.485 e. The van der Waals surface area contributed by atoms with Gasteiger partial charge in [-0.05, 0) is 35.5 Å². The average Bonchev–Trinajstić information content (AvgIpc) is 3.20. The van der Waals surface area contributed by atoms with Crippen molar-refractivity contribution in [3.63, 3.8) is 0 Å². The lowest BCUT2D eigenvalue weighted by Crippen LogP contribution is -2.49. The van der Waals surface area contributed by atoms with E-state index < -0.39 is 0 Å². The molecule has 1 amide bonds. The van der Waals surface area contributed by atoms with Crippen LogP contribution in [0.1, 0.15) is 5.82 Å². The minimum atomic E-state index is -0.0244. The number of ether oxygens (including phenoxy) is 1. The van der Waals surface area contributed by atoms with E-state index in [0.29, 0.717) is 23.9 Å². The molecule has 1 saturated heterocycles. The number of hydrogen-bond donors (Lipinski definition) is 0. The van der Waals surface area contributed by atoms with Crippen molar-refractivity contribution in [2.24, 2.45) is 0 Å². The van der Waals surface area contributed by atoms with Crippen LogP contribution in [-0.4, -0.2) is 57.2 Å². The van der Waals surface area contributed by atoms with Gasteiger partial charge in [-0.15, -0.1) is 10.2 Å². The Morgan fingerprint density at radius 1 is 1.03 bits per heavy atom. The highest BCUT2D eigenvalue weighted by atomic mass is 35.5. The molecule has 3 aromatic rings. The summed E-state index contributed by atoms with van der Waals surface area (Å²) in [5.41, 5.74) is 1.07. The quantitative estimate of drug-likeness (QED) is 0.618. The van der Waals surface area contributed by atoms with Crippen molar-refractivity contribution in [2.45, 2.75) is 13.2 Å². The zero-order valence-corrected chi connectivity index (χ0v) is 16.6. The lowest BCUT2D eigenvalue weighted by molar-refractivity contribution is -0.132. The number of amides is 1. The Kier molecular flexibility index (Phi) is 5.90. The molecule has 150 valence electrons. The topological polar surface area (TPSA) is 76.4 Å². The van der Waals surface area contributed by atoms with Crippen LogP contribution in [0.15, 0.2) is 54.6 Å². The summed E-state index contributed by atoms with van der Waals surface area (Å²) in [5.74, 6) is 1.15. The Labute approximate surface area is 173 Å². The van der Waals surface area contributed by atoms with Crippen molar-refractivity contribution >= 4 is 23.2 Å². The van der Waals surface area contributed by atoms with Crippen LogP contribution in [0.4, 0.5) is 5.69 Å². The number of rotatable bonds is 6. The fourth-order valence-corrected chi connectivity index (χ4v) is 3.36. The molecule has 9 heteroatoms. The van der Waals surface area contributed by atoms with Crippen LogP contribution in [-0.2, 0) is 17.9 Å². The Morgan fingerprint density at radius 2 is 1.83 bits per heavy atom. The summed E-state index contributed by atoms with van der Waals surface area (Å²) in [4.78, 5) is 17.9. The molecular formula is C20H21ClN6O2. The molecule has 0 N–H and O–H groups in total. The lowest BCUT2D eigenvalue weighted by Gasteiger charge is -2.36. The van der Waals surface area contributed by atoms with Gasteiger partial charge in [-0.25, -0.2) is 0 Å². The molecule has 0 spiro atoms. The summed E-state index contributed by atoms with van der Waals surface area (Å²) in [6.07, 6.45) is 0. The van der Waals surface area contributed by atoms with Crippen molar-refractivity contribution in [1.82, 2.24) is 25.1 Å². The van der Waals surface area contributed by atoms with Crippen molar-refractivity contribution in [3.05, 3.63) is 65.4 Å². The van der Waals surface area contributed by atoms with Gasteiger partial charge < -0.3 is 14.5 Å². The Hall–Kier alpha value is -3.13. The van der Waals surface area contributed by atoms with E-state index in [0.717, 1.165) is 24.5 Å². The summed E-state index contributed by atoms with van der Waals surface area (Å²) in [6, 6.07) is 17.2. The summed E-state index contributed by atoms with van der Waals surface area (Å²) in [6.45, 7) is 3.07. The molecule has 29 heavy (non-hydrogen) atoms. The summed E-state index contributed by atoms with van der Waals surface area (Å²) in [5, 5.41) is 12.9. The monoisotopic (exact) mass is 412 g/mol. The Bertz CT molecular complexity index is 956. The molecule has 1 fully saturated rings. The number of halogens is 1. The molecule has 4 rings (SSSR count). The highest BCUT2D eigenvalue weighted by Gasteiger charge is 2.22. The molecule has 2 aromatic carbocycles. The SMILES string of the molecule is O=C(Cn1nnc(COc2ccccc2)n1)N1CCN(c2cccc(Cl)c2)CC1. The molecule has 1 aromatic heterocycles. The van der Waals surface area contributed by atoms with E-state index in [4.69, 9.17) is 16.3 Å². The van der Waals surface area contributed by atoms with Crippen molar-refractivity contribution < 1.29 is 9.53 Å². The van der Waals surface area contributed by atoms with Gasteiger partial charge in [0.1, 0.15) is 12.3 Å². The second kappa shape index (κ2) is 8.91. The third-order valence-corrected chi connectivity index (χ3v) is 4.92. The van der Waals surface area contributed by atoms with E-state index in [1.165, 1.54) is 4.80 Å². The first-order valence-corrected chi connectivity index (χ1v) is 9.78. The number of anilines is 1. The van der Waals surface area contributed by atoms with Crippen LogP contribution in [0.5, 0.6) is 5.75 Å². The maximum Gasteiger partial charge on any atom is 0.246 e. The first-order valence-electron chi connectivity index (χ1n) is 9.40. The van der Waals surface area contributed by atoms with E-state index >= 15 is 0 Å². The van der Waals surface area contributed by atoms with Gasteiger partial charge >= 0.3 is 0 Å². The third-order valence-electron chi connectivity index (χ3n) is 4.69. The molecule has 1 aliphatic rings. The number of piperazine rings is 1. The number of carbonyl (C=O) groups is 1. The molecule has 0 saturated carbocycles. The van der Waals surface area contributed by atoms with E-state index in [1.54, 1.807) is 0 Å². The van der Waals surface area contributed by atoms with Crippen LogP contribution >= 0.6 is 11.6 Å². The van der Waals surface area contributed by atoms with Crippen LogP contribution in [0.25, 0.3) is 0 Å². The number of carbonyl (C=O) groups excluding carboxylic acids is 1. The number of nitrogens with zero attached hydrogens (tertiary/aromatic N) is 6. The molecule has 0 radical (unpaired) electrons. The number of para-hydroxylation sites is 1. The van der Waals surface area contributed by atoms with Crippen LogP contribution in [0, 0.1) is 0 Å². The normalized spacial score (nSPS) is 14.1. The maximum absolute atomic E-state index is 12.6. The molecule has 8 nitrogen and oxygen atoms in total. The summed E-state index contributed by atoms with van der Waals surface area (Å²) in [7, 11) is 0. The standard InChI is InChI=1S/C20H21ClN6O2/c21-16-5-4-6-17(13-16)25-9-11-26(12-10-25)20(28)14-27-23-19(22-24-27)15-29-18-7-2-1-3-8-18/h1-8,13H,9-12,14-15H2. The van der Waals surface area contributed by atoms with Crippen LogP contribution in [0.3, 0.4) is 0 Å². The van der Waals surface area contributed by atoms with Crippen molar-refractivity contribution in [1.29, 1.82) is 0 Å². The molecule has 0 unspecified atom stereocenters. The number of aromatic nitrogens is 4. The number of hydrogen-bond acceptors (Lipinski definition) is 6. The fourth-order valence-electron chi connectivity index (χ4n) is 3.17. The van der Waals surface area contributed by atoms with Gasteiger partial charge in [0.15, 0.2) is 6.61 Å². The van der Waals surface area contributed by atoms with Gasteiger partial charge in [0.05, 0.1) is 0 Å². The molecule has 2 heterocycles. The van der Waals surface area contributed by atoms with Gasteiger partial charge in [-0.1, -0.05) is 35.9 Å². The van der Waals surface area contributed by atoms with E-state index in [2.05, 4.69) is 20.3 Å². The van der Waals surface area contributed by atoms with E-state index in [1.807, 2.05) is 59.5 Å². The first-order chi connectivity index (χ1) is 14.2. The summed E-state index contributed by atoms with van der Waals surface area (Å²) >= 11 is 6.07. The van der Waals surface area contributed by atoms with Crippen LogP contribution < -0.4 is 9.64 Å². The molecule has 0 aliphatic carbocycles. The lowest BCUT2D eigenvalue weighted by atomic mass is 10.2. The number of benzene rings is 2. The van der Waals surface area contributed by atoms with E-state index in [-0.39, 0.29) is 19.1 Å². The first kappa shape index (κ1) is 19.2. The second-order valence-corrected chi connectivity index (χ2v) is 7.12. The van der Waals surface area contributed by atoms with Gasteiger partial charge in [0.2, 0.25) is 11.7 Å². The van der Waals surface area contributed by atoms with E-state index in [9.17, 15) is 4.79 Å². The van der Waals surface area contributed by atoms with Crippen molar-refractivity contribution in [2.75, 3.05) is 31.1 Å².